The molecule has 9 heteroatoms. The number of aromatic nitrogens is 2. The van der Waals surface area contributed by atoms with E-state index in [1.54, 1.807) is 0 Å². The number of carbonyl (C=O) groups excluding carboxylic acids is 1. The highest BCUT2D eigenvalue weighted by molar-refractivity contribution is 5.70. The van der Waals surface area contributed by atoms with E-state index >= 15 is 0 Å². The van der Waals surface area contributed by atoms with Crippen LogP contribution in [0.4, 0.5) is 4.79 Å². The van der Waals surface area contributed by atoms with Crippen molar-refractivity contribution in [1.29, 1.82) is 0 Å². The van der Waals surface area contributed by atoms with E-state index in [1.807, 2.05) is 121 Å². The van der Waals surface area contributed by atoms with Crippen LogP contribution in [0.15, 0.2) is 140 Å². The van der Waals surface area contributed by atoms with E-state index in [0.717, 1.165) is 22.3 Å². The third-order valence-electron chi connectivity index (χ3n) is 7.77. The van der Waals surface area contributed by atoms with Gasteiger partial charge < -0.3 is 28.4 Å². The van der Waals surface area contributed by atoms with Crippen molar-refractivity contribution in [3.05, 3.63) is 162 Å². The molecule has 0 aliphatic carbocycles. The number of hydrogen-bond donors (Lipinski definition) is 0. The Morgan fingerprint density at radius 1 is 0.617 bits per heavy atom. The van der Waals surface area contributed by atoms with Crippen molar-refractivity contribution in [3.63, 3.8) is 0 Å². The molecule has 0 unspecified atom stereocenters. The first-order chi connectivity index (χ1) is 23.2. The fourth-order valence-corrected chi connectivity index (χ4v) is 5.37. The number of carbonyl (C=O) groups is 1. The summed E-state index contributed by atoms with van der Waals surface area (Å²) in [6, 6.07) is 39.5. The summed E-state index contributed by atoms with van der Waals surface area (Å²) >= 11 is 0. The minimum Gasteiger partial charge on any atom is -0.416 e. The zero-order chi connectivity index (χ0) is 32.1. The Hall–Kier alpha value is -4.64. The zero-order valence-corrected chi connectivity index (χ0v) is 26.0. The van der Waals surface area contributed by atoms with Crippen LogP contribution in [0.2, 0.25) is 0 Å². The predicted molar refractivity (Wildman–Crippen MR) is 174 cm³/mol. The monoisotopic (exact) mass is 634 g/mol. The fourth-order valence-electron chi connectivity index (χ4n) is 5.37. The molecule has 1 aromatic heterocycles. The minimum atomic E-state index is -1.14. The van der Waals surface area contributed by atoms with Crippen molar-refractivity contribution < 1.29 is 33.2 Å². The molecule has 0 N–H and O–H groups in total. The van der Waals surface area contributed by atoms with E-state index in [9.17, 15) is 4.79 Å². The molecule has 0 saturated carbocycles. The van der Waals surface area contributed by atoms with Crippen LogP contribution in [0.3, 0.4) is 0 Å². The van der Waals surface area contributed by atoms with Crippen molar-refractivity contribution >= 4 is 6.09 Å². The average Bonchev–Trinajstić information content (AvgIpc) is 3.67. The molecule has 0 bridgehead atoms. The maximum atomic E-state index is 13.2. The summed E-state index contributed by atoms with van der Waals surface area (Å²) in [5, 5.41) is 0. The van der Waals surface area contributed by atoms with Gasteiger partial charge >= 0.3 is 6.09 Å². The molecule has 2 heterocycles. The fraction of sp³-hybridized carbons (Fsp3) is 0.263. The average molecular weight is 635 g/mol. The predicted octanol–water partition coefficient (Wildman–Crippen LogP) is 6.57. The SMILES string of the molecule is O=C(O[C@H]1O[C@H](COCc2ccccc2)[C@H](OCc2ccccc2)[C@H](OCc2ccccc2)[C@H]1OCc1ccccc1)n1ccnc1. The van der Waals surface area contributed by atoms with Gasteiger partial charge in [0, 0.05) is 12.4 Å². The van der Waals surface area contributed by atoms with Crippen LogP contribution in [-0.2, 0) is 54.8 Å². The Morgan fingerprint density at radius 2 is 1.09 bits per heavy atom. The van der Waals surface area contributed by atoms with E-state index < -0.39 is 36.8 Å². The Bertz CT molecular complexity index is 1610. The van der Waals surface area contributed by atoms with Gasteiger partial charge in [-0.25, -0.2) is 14.3 Å². The summed E-state index contributed by atoms with van der Waals surface area (Å²) in [5.41, 5.74) is 3.94. The molecular formula is C38H38N2O7. The van der Waals surface area contributed by atoms with Gasteiger partial charge in [0.15, 0.2) is 0 Å². The summed E-state index contributed by atoms with van der Waals surface area (Å²) in [6.07, 6.45) is -0.266. The molecule has 1 aliphatic heterocycles. The zero-order valence-electron chi connectivity index (χ0n) is 26.0. The van der Waals surface area contributed by atoms with Crippen LogP contribution in [-0.4, -0.2) is 53.0 Å². The first-order valence-corrected chi connectivity index (χ1v) is 15.7. The summed E-state index contributed by atoms with van der Waals surface area (Å²) < 4.78 is 39.8. The molecule has 1 fully saturated rings. The smallest absolute Gasteiger partial charge is 0.416 e. The number of hydrogen-bond acceptors (Lipinski definition) is 8. The molecule has 0 amide bonds. The second kappa shape index (κ2) is 16.8. The van der Waals surface area contributed by atoms with Gasteiger partial charge in [-0.1, -0.05) is 121 Å². The summed E-state index contributed by atoms with van der Waals surface area (Å²) in [6.45, 7) is 1.35. The van der Waals surface area contributed by atoms with Gasteiger partial charge in [-0.2, -0.15) is 0 Å². The van der Waals surface area contributed by atoms with Crippen LogP contribution in [0, 0.1) is 0 Å². The number of rotatable bonds is 14. The number of nitrogens with zero attached hydrogens (tertiary/aromatic N) is 2. The molecule has 5 aromatic rings. The van der Waals surface area contributed by atoms with E-state index in [4.69, 9.17) is 28.4 Å². The van der Waals surface area contributed by atoms with Crippen molar-refractivity contribution in [2.45, 2.75) is 57.1 Å². The largest absolute Gasteiger partial charge is 0.421 e. The van der Waals surface area contributed by atoms with E-state index in [1.165, 1.54) is 23.3 Å². The van der Waals surface area contributed by atoms with E-state index in [2.05, 4.69) is 4.98 Å². The molecule has 242 valence electrons. The van der Waals surface area contributed by atoms with Crippen molar-refractivity contribution in [1.82, 2.24) is 9.55 Å². The van der Waals surface area contributed by atoms with Crippen LogP contribution in [0.1, 0.15) is 22.3 Å². The quantitative estimate of drug-likeness (QED) is 0.136. The van der Waals surface area contributed by atoms with Crippen LogP contribution in [0.5, 0.6) is 0 Å². The number of imidazole rings is 1. The van der Waals surface area contributed by atoms with Gasteiger partial charge in [0.25, 0.3) is 0 Å². The second-order valence-electron chi connectivity index (χ2n) is 11.2. The van der Waals surface area contributed by atoms with Crippen molar-refractivity contribution in [2.75, 3.05) is 6.61 Å². The summed E-state index contributed by atoms with van der Waals surface area (Å²) in [4.78, 5) is 17.2. The van der Waals surface area contributed by atoms with Crippen LogP contribution < -0.4 is 0 Å². The highest BCUT2D eigenvalue weighted by Gasteiger charge is 2.50. The molecule has 0 radical (unpaired) electrons. The Morgan fingerprint density at radius 3 is 1.57 bits per heavy atom. The Kier molecular flexibility index (Phi) is 11.5. The summed E-state index contributed by atoms with van der Waals surface area (Å²) in [7, 11) is 0. The standard InChI is InChI=1S/C38H38N2O7/c41-38(40-22-21-39-28-40)47-37-36(45-26-32-19-11-4-12-20-32)35(44-25-31-17-9-3-10-18-31)34(43-24-30-15-7-2-8-16-30)33(46-37)27-42-23-29-13-5-1-6-14-29/h1-22,28,33-37H,23-27H2/t33-,34+,35+,36-,37-/m1/s1. The van der Waals surface area contributed by atoms with Crippen LogP contribution in [0.25, 0.3) is 0 Å². The molecule has 0 spiro atoms. The third kappa shape index (κ3) is 9.22. The molecule has 4 aromatic carbocycles. The lowest BCUT2D eigenvalue weighted by Crippen LogP contribution is -2.62. The topological polar surface area (TPSA) is 90.3 Å². The lowest BCUT2D eigenvalue weighted by molar-refractivity contribution is -0.315. The minimum absolute atomic E-state index is 0.157. The van der Waals surface area contributed by atoms with Gasteiger partial charge in [-0.05, 0) is 22.3 Å². The highest BCUT2D eigenvalue weighted by Crippen LogP contribution is 2.32. The molecule has 47 heavy (non-hydrogen) atoms. The number of ether oxygens (including phenoxy) is 6. The summed E-state index contributed by atoms with van der Waals surface area (Å²) in [5.74, 6) is 0. The van der Waals surface area contributed by atoms with Crippen molar-refractivity contribution in [2.24, 2.45) is 0 Å². The van der Waals surface area contributed by atoms with Gasteiger partial charge in [0.1, 0.15) is 30.7 Å². The molecule has 9 nitrogen and oxygen atoms in total. The molecule has 1 saturated heterocycles. The molecular weight excluding hydrogens is 596 g/mol. The molecule has 6 rings (SSSR count). The van der Waals surface area contributed by atoms with Gasteiger partial charge in [-0.15, -0.1) is 0 Å². The number of benzene rings is 4. The Balaban J connectivity index is 1.31. The lowest BCUT2D eigenvalue weighted by Gasteiger charge is -2.45. The molecule has 1 aliphatic rings. The van der Waals surface area contributed by atoms with Gasteiger partial charge in [-0.3, -0.25) is 0 Å². The third-order valence-corrected chi connectivity index (χ3v) is 7.77. The first kappa shape index (κ1) is 32.3. The second-order valence-corrected chi connectivity index (χ2v) is 11.2. The van der Waals surface area contributed by atoms with Gasteiger partial charge in [0.05, 0.1) is 33.0 Å². The maximum Gasteiger partial charge on any atom is 0.421 e. The Labute approximate surface area is 274 Å². The molecule has 5 atom stereocenters. The first-order valence-electron chi connectivity index (χ1n) is 15.7. The normalized spacial score (nSPS) is 20.9. The van der Waals surface area contributed by atoms with E-state index in [-0.39, 0.29) is 19.8 Å². The van der Waals surface area contributed by atoms with Crippen LogP contribution >= 0.6 is 0 Å². The van der Waals surface area contributed by atoms with Gasteiger partial charge in [0.2, 0.25) is 6.29 Å². The van der Waals surface area contributed by atoms with Crippen molar-refractivity contribution in [3.8, 4) is 0 Å². The van der Waals surface area contributed by atoms with E-state index in [0.29, 0.717) is 13.2 Å². The maximum absolute atomic E-state index is 13.2. The highest BCUT2D eigenvalue weighted by atomic mass is 16.7. The lowest BCUT2D eigenvalue weighted by atomic mass is 9.97.